The monoisotopic (exact) mass is 324 g/mol. The maximum absolute atomic E-state index is 12.0. The number of carbonyl (C=O) groups excluding carboxylic acids is 1. The van der Waals surface area contributed by atoms with Crippen LogP contribution in [0.4, 0.5) is 0 Å². The fourth-order valence-corrected chi connectivity index (χ4v) is 3.28. The van der Waals surface area contributed by atoms with Crippen LogP contribution in [0.15, 0.2) is 24.3 Å². The third kappa shape index (κ3) is 5.27. The molecule has 122 valence electrons. The molecule has 0 bridgehead atoms. The van der Waals surface area contributed by atoms with Crippen molar-refractivity contribution in [3.63, 3.8) is 0 Å². The van der Waals surface area contributed by atoms with Gasteiger partial charge in [-0.3, -0.25) is 4.79 Å². The largest absolute Gasteiger partial charge is 0.382 e. The number of nitrogens with one attached hydrogen (secondary N) is 1. The van der Waals surface area contributed by atoms with Gasteiger partial charge in [0.15, 0.2) is 0 Å². The molecule has 0 radical (unpaired) electrons. The molecular formula is C17H25ClN2O2. The Morgan fingerprint density at radius 2 is 2.09 bits per heavy atom. The summed E-state index contributed by atoms with van der Waals surface area (Å²) in [5, 5.41) is 13.4. The van der Waals surface area contributed by atoms with Crippen molar-refractivity contribution in [3.8, 4) is 0 Å². The van der Waals surface area contributed by atoms with E-state index in [1.165, 1.54) is 19.3 Å². The van der Waals surface area contributed by atoms with Gasteiger partial charge in [-0.2, -0.15) is 0 Å². The van der Waals surface area contributed by atoms with E-state index in [0.717, 1.165) is 18.4 Å². The minimum Gasteiger partial charge on any atom is -0.382 e. The van der Waals surface area contributed by atoms with Gasteiger partial charge >= 0.3 is 0 Å². The van der Waals surface area contributed by atoms with E-state index in [1.54, 1.807) is 12.1 Å². The first-order valence-corrected chi connectivity index (χ1v) is 8.40. The molecule has 1 amide bonds. The standard InChI is InChI=1S/C17H25ClN2O2/c18-14-8-4-7-13(9-14)11-20-17(22)16(21)15(19)10-12-5-2-1-3-6-12/h4,7-9,12,15-16,21H,1-3,5-6,10-11,19H2,(H,20,22)/t15-,16?/m1/s1. The maximum atomic E-state index is 12.0. The van der Waals surface area contributed by atoms with Crippen LogP contribution in [0.2, 0.25) is 5.02 Å². The lowest BCUT2D eigenvalue weighted by atomic mass is 9.84. The Hall–Kier alpha value is -1.10. The summed E-state index contributed by atoms with van der Waals surface area (Å²) in [6.07, 6.45) is 5.62. The first kappa shape index (κ1) is 17.3. The van der Waals surface area contributed by atoms with Gasteiger partial charge in [0.2, 0.25) is 0 Å². The van der Waals surface area contributed by atoms with Crippen molar-refractivity contribution in [2.24, 2.45) is 11.7 Å². The number of amides is 1. The average Bonchev–Trinajstić information content (AvgIpc) is 2.53. The first-order valence-electron chi connectivity index (χ1n) is 8.02. The van der Waals surface area contributed by atoms with E-state index in [9.17, 15) is 9.90 Å². The number of aliphatic hydroxyl groups is 1. The average molecular weight is 325 g/mol. The van der Waals surface area contributed by atoms with Gasteiger partial charge in [-0.1, -0.05) is 55.8 Å². The molecule has 0 aliphatic heterocycles. The molecule has 1 aromatic carbocycles. The van der Waals surface area contributed by atoms with Gasteiger partial charge in [0.25, 0.3) is 5.91 Å². The van der Waals surface area contributed by atoms with Gasteiger partial charge < -0.3 is 16.2 Å². The molecule has 0 heterocycles. The molecule has 4 N–H and O–H groups in total. The van der Waals surface area contributed by atoms with Crippen LogP contribution in [-0.2, 0) is 11.3 Å². The zero-order chi connectivity index (χ0) is 15.9. The number of carbonyl (C=O) groups is 1. The molecular weight excluding hydrogens is 300 g/mol. The summed E-state index contributed by atoms with van der Waals surface area (Å²) in [6, 6.07) is 6.77. The Labute approximate surface area is 137 Å². The van der Waals surface area contributed by atoms with Crippen LogP contribution in [-0.4, -0.2) is 23.2 Å². The number of hydrogen-bond acceptors (Lipinski definition) is 3. The number of aliphatic hydroxyl groups excluding tert-OH is 1. The molecule has 2 atom stereocenters. The highest BCUT2D eigenvalue weighted by Crippen LogP contribution is 2.27. The van der Waals surface area contributed by atoms with Gasteiger partial charge in [-0.05, 0) is 30.0 Å². The zero-order valence-corrected chi connectivity index (χ0v) is 13.6. The summed E-state index contributed by atoms with van der Waals surface area (Å²) in [6.45, 7) is 0.340. The molecule has 22 heavy (non-hydrogen) atoms. The van der Waals surface area contributed by atoms with Crippen molar-refractivity contribution in [1.29, 1.82) is 0 Å². The smallest absolute Gasteiger partial charge is 0.250 e. The predicted octanol–water partition coefficient (Wildman–Crippen LogP) is 2.61. The normalized spacial score (nSPS) is 18.7. The topological polar surface area (TPSA) is 75.3 Å². The van der Waals surface area contributed by atoms with Gasteiger partial charge in [0, 0.05) is 17.6 Å². The number of benzene rings is 1. The van der Waals surface area contributed by atoms with E-state index in [4.69, 9.17) is 17.3 Å². The van der Waals surface area contributed by atoms with Crippen molar-refractivity contribution in [2.75, 3.05) is 0 Å². The molecule has 5 heteroatoms. The summed E-state index contributed by atoms with van der Waals surface area (Å²) >= 11 is 5.90. The summed E-state index contributed by atoms with van der Waals surface area (Å²) in [5.74, 6) is 0.127. The fraction of sp³-hybridized carbons (Fsp3) is 0.588. The molecule has 0 saturated heterocycles. The van der Waals surface area contributed by atoms with E-state index < -0.39 is 18.1 Å². The Balaban J connectivity index is 1.77. The van der Waals surface area contributed by atoms with E-state index in [0.29, 0.717) is 23.9 Å². The van der Waals surface area contributed by atoms with Crippen LogP contribution >= 0.6 is 11.6 Å². The molecule has 0 spiro atoms. The fourth-order valence-electron chi connectivity index (χ4n) is 3.07. The van der Waals surface area contributed by atoms with Gasteiger partial charge in [-0.15, -0.1) is 0 Å². The van der Waals surface area contributed by atoms with Crippen molar-refractivity contribution < 1.29 is 9.90 Å². The summed E-state index contributed by atoms with van der Waals surface area (Å²) in [5.41, 5.74) is 6.91. The van der Waals surface area contributed by atoms with Crippen LogP contribution < -0.4 is 11.1 Å². The predicted molar refractivity (Wildman–Crippen MR) is 88.5 cm³/mol. The molecule has 1 saturated carbocycles. The molecule has 4 nitrogen and oxygen atoms in total. The maximum Gasteiger partial charge on any atom is 0.250 e. The Bertz CT molecular complexity index is 489. The molecule has 1 aliphatic rings. The lowest BCUT2D eigenvalue weighted by molar-refractivity contribution is -0.130. The number of nitrogens with two attached hydrogens (primary N) is 1. The van der Waals surface area contributed by atoms with Crippen molar-refractivity contribution in [1.82, 2.24) is 5.32 Å². The number of rotatable bonds is 6. The molecule has 0 aromatic heterocycles. The van der Waals surface area contributed by atoms with Crippen molar-refractivity contribution in [2.45, 2.75) is 57.2 Å². The van der Waals surface area contributed by atoms with Crippen LogP contribution in [0.25, 0.3) is 0 Å². The van der Waals surface area contributed by atoms with Crippen LogP contribution in [0, 0.1) is 5.92 Å². The van der Waals surface area contributed by atoms with E-state index in [1.807, 2.05) is 12.1 Å². The Morgan fingerprint density at radius 1 is 1.36 bits per heavy atom. The lowest BCUT2D eigenvalue weighted by Gasteiger charge is -2.26. The zero-order valence-electron chi connectivity index (χ0n) is 12.8. The Kier molecular flexibility index (Phi) is 6.68. The van der Waals surface area contributed by atoms with Gasteiger partial charge in [0.05, 0.1) is 0 Å². The van der Waals surface area contributed by atoms with Gasteiger partial charge in [-0.25, -0.2) is 0 Å². The summed E-state index contributed by atoms with van der Waals surface area (Å²) in [4.78, 5) is 12.0. The summed E-state index contributed by atoms with van der Waals surface area (Å²) in [7, 11) is 0. The molecule has 1 unspecified atom stereocenters. The second-order valence-corrected chi connectivity index (χ2v) is 6.63. The van der Waals surface area contributed by atoms with E-state index in [-0.39, 0.29) is 0 Å². The number of hydrogen-bond donors (Lipinski definition) is 3. The van der Waals surface area contributed by atoms with Gasteiger partial charge in [0.1, 0.15) is 6.10 Å². The first-order chi connectivity index (χ1) is 10.6. The third-order valence-electron chi connectivity index (χ3n) is 4.36. The van der Waals surface area contributed by atoms with E-state index in [2.05, 4.69) is 5.32 Å². The van der Waals surface area contributed by atoms with Crippen LogP contribution in [0.5, 0.6) is 0 Å². The SMILES string of the molecule is N[C@H](CC1CCCCC1)C(O)C(=O)NCc1cccc(Cl)c1. The highest BCUT2D eigenvalue weighted by molar-refractivity contribution is 6.30. The molecule has 1 fully saturated rings. The molecule has 1 aromatic rings. The number of halogens is 1. The second kappa shape index (κ2) is 8.51. The minimum atomic E-state index is -1.15. The quantitative estimate of drug-likeness (QED) is 0.753. The van der Waals surface area contributed by atoms with E-state index >= 15 is 0 Å². The van der Waals surface area contributed by atoms with Crippen molar-refractivity contribution in [3.05, 3.63) is 34.9 Å². The molecule has 2 rings (SSSR count). The lowest BCUT2D eigenvalue weighted by Crippen LogP contribution is -2.47. The second-order valence-electron chi connectivity index (χ2n) is 6.20. The summed E-state index contributed by atoms with van der Waals surface area (Å²) < 4.78 is 0. The molecule has 1 aliphatic carbocycles. The highest BCUT2D eigenvalue weighted by atomic mass is 35.5. The Morgan fingerprint density at radius 3 is 2.77 bits per heavy atom. The minimum absolute atomic E-state index is 0.340. The van der Waals surface area contributed by atoms with Crippen LogP contribution in [0.1, 0.15) is 44.1 Å². The van der Waals surface area contributed by atoms with Crippen molar-refractivity contribution >= 4 is 17.5 Å². The van der Waals surface area contributed by atoms with Crippen LogP contribution in [0.3, 0.4) is 0 Å². The highest BCUT2D eigenvalue weighted by Gasteiger charge is 2.26. The third-order valence-corrected chi connectivity index (χ3v) is 4.60.